The van der Waals surface area contributed by atoms with Crippen LogP contribution >= 0.6 is 0 Å². The minimum atomic E-state index is -3.85. The highest BCUT2D eigenvalue weighted by atomic mass is 32.2. The number of fused-ring (bicyclic) bond motifs is 5. The molecule has 212 valence electrons. The van der Waals surface area contributed by atoms with Crippen LogP contribution in [0.4, 0.5) is 0 Å². The van der Waals surface area contributed by atoms with Crippen molar-refractivity contribution in [1.29, 1.82) is 0 Å². The van der Waals surface area contributed by atoms with Gasteiger partial charge in [-0.15, -0.1) is 0 Å². The lowest BCUT2D eigenvalue weighted by atomic mass is 9.55. The Bertz CT molecular complexity index is 1370. The Labute approximate surface area is 234 Å². The van der Waals surface area contributed by atoms with Gasteiger partial charge in [0.05, 0.1) is 10.5 Å². The van der Waals surface area contributed by atoms with Gasteiger partial charge in [-0.1, -0.05) is 52.0 Å². The number of nitrogens with two attached hydrogens (primary N) is 1. The van der Waals surface area contributed by atoms with Gasteiger partial charge in [0.15, 0.2) is 8.32 Å². The second-order valence-corrected chi connectivity index (χ2v) is 20.0. The third-order valence-electron chi connectivity index (χ3n) is 10.6. The predicted octanol–water partition coefficient (Wildman–Crippen LogP) is 6.77. The van der Waals surface area contributed by atoms with Crippen molar-refractivity contribution < 1.29 is 22.4 Å². The molecule has 3 unspecified atom stereocenters. The summed E-state index contributed by atoms with van der Waals surface area (Å²) in [5.74, 6) is -0.0350. The molecule has 0 heterocycles. The van der Waals surface area contributed by atoms with Gasteiger partial charge < -0.3 is 9.16 Å². The Morgan fingerprint density at radius 1 is 1.00 bits per heavy atom. The summed E-state index contributed by atoms with van der Waals surface area (Å²) in [6.07, 6.45) is 5.87. The number of aryl methyl sites for hydroxylation is 1. The Balaban J connectivity index is 1.51. The first-order chi connectivity index (χ1) is 18.1. The minimum absolute atomic E-state index is 0.0323. The van der Waals surface area contributed by atoms with Crippen LogP contribution in [0.15, 0.2) is 53.4 Å². The first kappa shape index (κ1) is 28.5. The van der Waals surface area contributed by atoms with E-state index in [1.165, 1.54) is 35.4 Å². The van der Waals surface area contributed by atoms with E-state index in [0.717, 1.165) is 32.1 Å². The third kappa shape index (κ3) is 4.81. The number of carbonyl (C=O) groups excluding carboxylic acids is 1. The molecule has 39 heavy (non-hydrogen) atoms. The van der Waals surface area contributed by atoms with Crippen molar-refractivity contribution in [2.24, 2.45) is 22.4 Å². The second kappa shape index (κ2) is 9.54. The maximum absolute atomic E-state index is 13.7. The molecule has 5 atom stereocenters. The van der Waals surface area contributed by atoms with Crippen LogP contribution in [-0.4, -0.2) is 28.5 Å². The van der Waals surface area contributed by atoms with Crippen molar-refractivity contribution in [2.75, 3.05) is 0 Å². The molecule has 8 heteroatoms. The number of esters is 1. The average Bonchev–Trinajstić information content (AvgIpc) is 3.13. The smallest absolute Gasteiger partial charge is 0.340 e. The monoisotopic (exact) mass is 569 g/mol. The molecule has 3 aliphatic rings. The molecule has 0 aliphatic heterocycles. The van der Waals surface area contributed by atoms with E-state index in [1.54, 1.807) is 0 Å². The Kier molecular flexibility index (Phi) is 6.97. The van der Waals surface area contributed by atoms with Crippen LogP contribution in [-0.2, 0) is 25.6 Å². The molecule has 5 rings (SSSR count). The highest BCUT2D eigenvalue weighted by Crippen LogP contribution is 2.66. The molecule has 2 fully saturated rings. The normalized spacial score (nSPS) is 30.7. The van der Waals surface area contributed by atoms with E-state index in [9.17, 15) is 13.2 Å². The molecule has 0 amide bonds. The molecule has 2 aromatic carbocycles. The second-order valence-electron chi connectivity index (χ2n) is 13.7. The lowest BCUT2D eigenvalue weighted by Gasteiger charge is -2.56. The molecule has 0 aromatic heterocycles. The predicted molar refractivity (Wildman–Crippen MR) is 155 cm³/mol. The zero-order valence-electron chi connectivity index (χ0n) is 24.1. The summed E-state index contributed by atoms with van der Waals surface area (Å²) < 4.78 is 37.2. The van der Waals surface area contributed by atoms with E-state index in [1.807, 2.05) is 0 Å². The van der Waals surface area contributed by atoms with E-state index in [2.05, 4.69) is 65.1 Å². The molecule has 2 aromatic rings. The number of rotatable bonds is 5. The van der Waals surface area contributed by atoms with E-state index >= 15 is 0 Å². The summed E-state index contributed by atoms with van der Waals surface area (Å²) >= 11 is 0. The fraction of sp³-hybridized carbons (Fsp3) is 0.581. The lowest BCUT2D eigenvalue weighted by Crippen LogP contribution is -2.60. The molecular weight excluding hydrogens is 526 g/mol. The molecule has 3 aliphatic carbocycles. The fourth-order valence-electron chi connectivity index (χ4n) is 7.39. The summed E-state index contributed by atoms with van der Waals surface area (Å²) in [6.45, 7) is 13.4. The summed E-state index contributed by atoms with van der Waals surface area (Å²) in [7, 11) is -6.19. The van der Waals surface area contributed by atoms with Gasteiger partial charge in [-0.05, 0) is 103 Å². The van der Waals surface area contributed by atoms with Crippen molar-refractivity contribution in [2.45, 2.75) is 101 Å². The van der Waals surface area contributed by atoms with Crippen molar-refractivity contribution >= 4 is 24.3 Å². The topological polar surface area (TPSA) is 95.7 Å². The van der Waals surface area contributed by atoms with Crippen molar-refractivity contribution in [3.8, 4) is 0 Å². The summed E-state index contributed by atoms with van der Waals surface area (Å²) in [5, 5.41) is 5.20. The SMILES string of the molecule is CC(C)(C)[Si](C)(C)O[C@@]1(OC(=O)c2ccc(S(N)(=O)=O)cc2)CCC2C3CCc4ccccc4C3CC[C@@]21C. The summed E-state index contributed by atoms with van der Waals surface area (Å²) in [6, 6.07) is 14.6. The number of hydrogen-bond acceptors (Lipinski definition) is 5. The van der Waals surface area contributed by atoms with Gasteiger partial charge in [0.2, 0.25) is 15.8 Å². The van der Waals surface area contributed by atoms with Crippen LogP contribution in [0.2, 0.25) is 18.1 Å². The lowest BCUT2D eigenvalue weighted by molar-refractivity contribution is -0.230. The Hall–Kier alpha value is -2.00. The van der Waals surface area contributed by atoms with Gasteiger partial charge in [0.1, 0.15) is 0 Å². The number of hydrogen-bond donors (Lipinski definition) is 1. The largest absolute Gasteiger partial charge is 0.430 e. The van der Waals surface area contributed by atoms with Gasteiger partial charge in [0.25, 0.3) is 0 Å². The molecule has 2 saturated carbocycles. The van der Waals surface area contributed by atoms with Gasteiger partial charge in [0, 0.05) is 11.8 Å². The van der Waals surface area contributed by atoms with E-state index in [4.69, 9.17) is 14.3 Å². The summed E-state index contributed by atoms with van der Waals surface area (Å²) in [4.78, 5) is 13.7. The van der Waals surface area contributed by atoms with Gasteiger partial charge in [-0.3, -0.25) is 0 Å². The fourth-order valence-corrected chi connectivity index (χ4v) is 9.41. The first-order valence-corrected chi connectivity index (χ1v) is 18.7. The first-order valence-electron chi connectivity index (χ1n) is 14.2. The number of carbonyl (C=O) groups is 1. The maximum Gasteiger partial charge on any atom is 0.340 e. The maximum atomic E-state index is 13.7. The molecular formula is C31H43NO5SSi. The van der Waals surface area contributed by atoms with E-state index in [-0.39, 0.29) is 15.3 Å². The average molecular weight is 570 g/mol. The van der Waals surface area contributed by atoms with Gasteiger partial charge in [-0.2, -0.15) is 0 Å². The molecule has 2 N–H and O–H groups in total. The van der Waals surface area contributed by atoms with E-state index in [0.29, 0.717) is 29.7 Å². The molecule has 6 nitrogen and oxygen atoms in total. The van der Waals surface area contributed by atoms with E-state index < -0.39 is 30.1 Å². The van der Waals surface area contributed by atoms with Crippen molar-refractivity contribution in [3.05, 3.63) is 65.2 Å². The van der Waals surface area contributed by atoms with Crippen LogP contribution in [0, 0.1) is 17.3 Å². The molecule has 0 spiro atoms. The number of sulfonamides is 1. The van der Waals surface area contributed by atoms with Crippen LogP contribution < -0.4 is 5.14 Å². The number of ether oxygens (including phenoxy) is 1. The highest BCUT2D eigenvalue weighted by molar-refractivity contribution is 7.89. The zero-order chi connectivity index (χ0) is 28.4. The minimum Gasteiger partial charge on any atom is -0.430 e. The third-order valence-corrected chi connectivity index (χ3v) is 16.0. The van der Waals surface area contributed by atoms with Crippen LogP contribution in [0.3, 0.4) is 0 Å². The van der Waals surface area contributed by atoms with Gasteiger partial charge in [-0.25, -0.2) is 18.4 Å². The van der Waals surface area contributed by atoms with Gasteiger partial charge >= 0.3 is 5.97 Å². The molecule has 0 saturated heterocycles. The molecule has 0 radical (unpaired) electrons. The number of benzene rings is 2. The van der Waals surface area contributed by atoms with Crippen LogP contribution in [0.25, 0.3) is 0 Å². The quantitative estimate of drug-likeness (QED) is 0.244. The van der Waals surface area contributed by atoms with Crippen molar-refractivity contribution in [3.63, 3.8) is 0 Å². The standard InChI is InChI=1S/C31H43NO5SSi/c1-29(2,3)39(5,6)37-31(36-28(33)22-11-14-23(15-12-22)38(32,34)35)20-18-27-26-16-13-21-9-7-8-10-24(21)25(26)17-19-30(27,31)4/h7-12,14-15,25-27H,13,16-20H2,1-6H3,(H2,32,34,35)/t25?,26?,27?,30-,31-/m0/s1. The van der Waals surface area contributed by atoms with Crippen LogP contribution in [0.5, 0.6) is 0 Å². The Morgan fingerprint density at radius 3 is 2.31 bits per heavy atom. The highest BCUT2D eigenvalue weighted by Gasteiger charge is 2.67. The number of primary sulfonamides is 1. The summed E-state index contributed by atoms with van der Waals surface area (Å²) in [5.41, 5.74) is 2.98. The van der Waals surface area contributed by atoms with Crippen molar-refractivity contribution in [1.82, 2.24) is 0 Å². The zero-order valence-corrected chi connectivity index (χ0v) is 25.9. The van der Waals surface area contributed by atoms with Crippen LogP contribution in [0.1, 0.15) is 87.2 Å². The molecule has 0 bridgehead atoms. The Morgan fingerprint density at radius 2 is 1.67 bits per heavy atom.